The van der Waals surface area contributed by atoms with E-state index in [1.54, 1.807) is 0 Å². The lowest BCUT2D eigenvalue weighted by Gasteiger charge is -2.41. The van der Waals surface area contributed by atoms with E-state index in [4.69, 9.17) is 0 Å². The van der Waals surface area contributed by atoms with Crippen molar-refractivity contribution in [2.75, 3.05) is 32.8 Å². The highest BCUT2D eigenvalue weighted by atomic mass is 16.3. The van der Waals surface area contributed by atoms with Gasteiger partial charge in [-0.25, -0.2) is 0 Å². The van der Waals surface area contributed by atoms with Gasteiger partial charge in [-0.05, 0) is 51.3 Å². The second kappa shape index (κ2) is 10.5. The van der Waals surface area contributed by atoms with Crippen molar-refractivity contribution in [3.05, 3.63) is 17.5 Å². The summed E-state index contributed by atoms with van der Waals surface area (Å²) in [6, 6.07) is 1.76. The second-order valence-corrected chi connectivity index (χ2v) is 11.5. The lowest BCUT2D eigenvalue weighted by molar-refractivity contribution is -0.128. The third-order valence-corrected chi connectivity index (χ3v) is 8.14. The highest BCUT2D eigenvalue weighted by Gasteiger charge is 2.42. The first-order chi connectivity index (χ1) is 16.6. The van der Waals surface area contributed by atoms with Crippen LogP contribution in [-0.2, 0) is 10.2 Å². The van der Waals surface area contributed by atoms with Gasteiger partial charge in [-0.15, -0.1) is 0 Å². The van der Waals surface area contributed by atoms with Crippen LogP contribution in [-0.4, -0.2) is 104 Å². The molecule has 10 heteroatoms. The van der Waals surface area contributed by atoms with Gasteiger partial charge in [0.15, 0.2) is 0 Å². The number of likely N-dealkylation sites (tertiary alicyclic amines) is 2. The molecule has 1 saturated carbocycles. The van der Waals surface area contributed by atoms with E-state index in [0.717, 1.165) is 44.5 Å². The fourth-order valence-corrected chi connectivity index (χ4v) is 5.69. The Morgan fingerprint density at radius 1 is 1.09 bits per heavy atom. The summed E-state index contributed by atoms with van der Waals surface area (Å²) in [5.74, 6) is -0.604. The fraction of sp³-hybridized carbons (Fsp3) is 0.800. The monoisotopic (exact) mass is 491 g/mol. The highest BCUT2D eigenvalue weighted by molar-refractivity contribution is 5.92. The van der Waals surface area contributed by atoms with Gasteiger partial charge in [0.25, 0.3) is 5.91 Å². The van der Waals surface area contributed by atoms with E-state index in [1.165, 1.54) is 0 Å². The van der Waals surface area contributed by atoms with Gasteiger partial charge in [-0.2, -0.15) is 5.10 Å². The minimum Gasteiger partial charge on any atom is -0.396 e. The average Bonchev–Trinajstić information content (AvgIpc) is 3.45. The van der Waals surface area contributed by atoms with Gasteiger partial charge < -0.3 is 30.4 Å². The summed E-state index contributed by atoms with van der Waals surface area (Å²) in [5.41, 5.74) is 1.35. The first-order valence-electron chi connectivity index (χ1n) is 12.9. The zero-order valence-electron chi connectivity index (χ0n) is 21.1. The molecule has 2 aliphatic heterocycles. The molecule has 3 fully saturated rings. The Morgan fingerprint density at radius 3 is 2.29 bits per heavy atom. The number of H-pyrrole nitrogens is 1. The molecule has 10 nitrogen and oxygen atoms in total. The molecule has 3 heterocycles. The number of aromatic nitrogens is 2. The van der Waals surface area contributed by atoms with Gasteiger partial charge in [0.1, 0.15) is 11.8 Å². The van der Waals surface area contributed by atoms with Gasteiger partial charge in [0, 0.05) is 48.7 Å². The molecule has 3 aliphatic rings. The van der Waals surface area contributed by atoms with Gasteiger partial charge in [0.2, 0.25) is 5.91 Å². The predicted octanol–water partition coefficient (Wildman–Crippen LogP) is 0.243. The third-order valence-electron chi connectivity index (χ3n) is 8.14. The lowest BCUT2D eigenvalue weighted by Crippen LogP contribution is -2.51. The van der Waals surface area contributed by atoms with Crippen molar-refractivity contribution < 1.29 is 24.9 Å². The summed E-state index contributed by atoms with van der Waals surface area (Å²) in [5, 5.41) is 39.6. The molecule has 35 heavy (non-hydrogen) atoms. The Labute approximate surface area is 207 Å². The Kier molecular flexibility index (Phi) is 7.85. The first-order valence-corrected chi connectivity index (χ1v) is 12.9. The van der Waals surface area contributed by atoms with E-state index in [0.29, 0.717) is 31.2 Å². The average molecular weight is 492 g/mol. The number of carbonyl (C=O) groups excluding carboxylic acids is 2. The van der Waals surface area contributed by atoms with Crippen LogP contribution in [0.5, 0.6) is 0 Å². The fourth-order valence-electron chi connectivity index (χ4n) is 5.69. The minimum atomic E-state index is -1.04. The smallest absolute Gasteiger partial charge is 0.274 e. The summed E-state index contributed by atoms with van der Waals surface area (Å²) in [6.45, 7) is 9.13. The topological polar surface area (TPSA) is 142 Å². The molecule has 1 aromatic rings. The normalized spacial score (nSPS) is 29.5. The highest BCUT2D eigenvalue weighted by Crippen LogP contribution is 2.29. The maximum absolute atomic E-state index is 12.9. The van der Waals surface area contributed by atoms with E-state index in [9.17, 15) is 24.9 Å². The van der Waals surface area contributed by atoms with Crippen LogP contribution in [0.4, 0.5) is 0 Å². The van der Waals surface area contributed by atoms with Crippen molar-refractivity contribution in [1.29, 1.82) is 0 Å². The number of aliphatic hydroxyl groups excluding tert-OH is 3. The van der Waals surface area contributed by atoms with Crippen LogP contribution in [0.15, 0.2) is 6.07 Å². The molecule has 0 bridgehead atoms. The Bertz CT molecular complexity index is 883. The standard InChI is InChI=1S/C25H41N5O5/c1-25(2,3)20-13-19(27-28-20)24(35)30-10-6-17(7-11-30)29-8-4-15(5-9-29)23(34)26-18-12-16(14-31)21(32)22(18)33/h13,15-18,21-22,31-33H,4-12,14H2,1-3H3,(H,26,34)(H,27,28)/t16-,18-,21-,22+/m1/s1. The number of hydrogen-bond donors (Lipinski definition) is 5. The SMILES string of the molecule is CC(C)(C)c1cc(C(=O)N2CCC(N3CCC(C(=O)N[C@@H]4C[C@H](CO)[C@@H](O)[C@H]4O)CC3)CC2)n[nH]1. The van der Waals surface area contributed by atoms with Crippen molar-refractivity contribution in [3.8, 4) is 0 Å². The van der Waals surface area contributed by atoms with Crippen molar-refractivity contribution in [2.24, 2.45) is 11.8 Å². The number of aliphatic hydroxyl groups is 3. The van der Waals surface area contributed by atoms with Crippen molar-refractivity contribution in [3.63, 3.8) is 0 Å². The molecule has 2 saturated heterocycles. The number of carbonyl (C=O) groups is 2. The van der Waals surface area contributed by atoms with Crippen LogP contribution in [0, 0.1) is 11.8 Å². The number of nitrogens with one attached hydrogen (secondary N) is 2. The van der Waals surface area contributed by atoms with Gasteiger partial charge in [0.05, 0.1) is 12.1 Å². The molecular weight excluding hydrogens is 450 g/mol. The van der Waals surface area contributed by atoms with Crippen molar-refractivity contribution >= 4 is 11.8 Å². The van der Waals surface area contributed by atoms with Crippen LogP contribution in [0.25, 0.3) is 0 Å². The minimum absolute atomic E-state index is 0.0202. The molecular formula is C25H41N5O5. The zero-order chi connectivity index (χ0) is 25.3. The number of nitrogens with zero attached hydrogens (tertiary/aromatic N) is 3. The molecule has 1 aromatic heterocycles. The molecule has 0 unspecified atom stereocenters. The van der Waals surface area contributed by atoms with Gasteiger partial charge in [-0.3, -0.25) is 14.7 Å². The molecule has 1 aliphatic carbocycles. The second-order valence-electron chi connectivity index (χ2n) is 11.5. The number of aromatic amines is 1. The van der Waals surface area contributed by atoms with Crippen LogP contribution in [0.1, 0.15) is 69.1 Å². The molecule has 4 atom stereocenters. The summed E-state index contributed by atoms with van der Waals surface area (Å²) < 4.78 is 0. The molecule has 0 spiro atoms. The largest absolute Gasteiger partial charge is 0.396 e. The van der Waals surface area contributed by atoms with E-state index in [1.807, 2.05) is 11.0 Å². The first kappa shape index (κ1) is 26.1. The Hall–Kier alpha value is -2.01. The van der Waals surface area contributed by atoms with Gasteiger partial charge in [-0.1, -0.05) is 20.8 Å². The number of rotatable bonds is 5. The van der Waals surface area contributed by atoms with Crippen LogP contribution in [0.2, 0.25) is 0 Å². The van der Waals surface area contributed by atoms with E-state index in [2.05, 4.69) is 41.2 Å². The Morgan fingerprint density at radius 2 is 1.74 bits per heavy atom. The van der Waals surface area contributed by atoms with E-state index >= 15 is 0 Å². The number of amides is 2. The predicted molar refractivity (Wildman–Crippen MR) is 130 cm³/mol. The Balaban J connectivity index is 1.21. The van der Waals surface area contributed by atoms with Gasteiger partial charge >= 0.3 is 0 Å². The molecule has 0 radical (unpaired) electrons. The van der Waals surface area contributed by atoms with Crippen LogP contribution >= 0.6 is 0 Å². The van der Waals surface area contributed by atoms with Crippen molar-refractivity contribution in [1.82, 2.24) is 25.3 Å². The van der Waals surface area contributed by atoms with E-state index in [-0.39, 0.29) is 29.8 Å². The molecule has 4 rings (SSSR count). The maximum atomic E-state index is 12.9. The molecule has 2 amide bonds. The summed E-state index contributed by atoms with van der Waals surface area (Å²) in [6.07, 6.45) is 1.67. The molecule has 196 valence electrons. The number of piperidine rings is 2. The lowest BCUT2D eigenvalue weighted by atomic mass is 9.92. The third kappa shape index (κ3) is 5.71. The van der Waals surface area contributed by atoms with Crippen LogP contribution < -0.4 is 5.32 Å². The number of hydrogen-bond acceptors (Lipinski definition) is 7. The zero-order valence-corrected chi connectivity index (χ0v) is 21.1. The van der Waals surface area contributed by atoms with Crippen LogP contribution in [0.3, 0.4) is 0 Å². The quantitative estimate of drug-likeness (QED) is 0.397. The molecule has 0 aromatic carbocycles. The summed E-state index contributed by atoms with van der Waals surface area (Å²) in [7, 11) is 0. The summed E-state index contributed by atoms with van der Waals surface area (Å²) >= 11 is 0. The van der Waals surface area contributed by atoms with E-state index < -0.39 is 24.2 Å². The summed E-state index contributed by atoms with van der Waals surface area (Å²) in [4.78, 5) is 30.0. The maximum Gasteiger partial charge on any atom is 0.274 e. The molecule has 5 N–H and O–H groups in total. The van der Waals surface area contributed by atoms with Crippen molar-refractivity contribution in [2.45, 2.75) is 82.6 Å².